The fourth-order valence-corrected chi connectivity index (χ4v) is 2.08. The molecule has 1 heterocycles. The van der Waals surface area contributed by atoms with Gasteiger partial charge in [-0.05, 0) is 24.0 Å². The number of para-hydroxylation sites is 2. The van der Waals surface area contributed by atoms with Crippen LogP contribution in [0.5, 0.6) is 0 Å². The Morgan fingerprint density at radius 1 is 0.941 bits per heavy atom. The third-order valence-corrected chi connectivity index (χ3v) is 2.81. The minimum atomic E-state index is 0.941. The number of aromatic amines is 1. The first kappa shape index (κ1) is 9.58. The molecule has 1 aromatic heterocycles. The lowest BCUT2D eigenvalue weighted by Gasteiger charge is -1.93. The zero-order chi connectivity index (χ0) is 11.7. The van der Waals surface area contributed by atoms with E-state index in [4.69, 9.17) is 6.42 Å². The summed E-state index contributed by atoms with van der Waals surface area (Å²) in [7, 11) is 0. The van der Waals surface area contributed by atoms with E-state index in [1.165, 1.54) is 10.8 Å². The van der Waals surface area contributed by atoms with Crippen molar-refractivity contribution in [2.45, 2.75) is 0 Å². The summed E-state index contributed by atoms with van der Waals surface area (Å²) in [6.45, 7) is 0. The predicted octanol–water partition coefficient (Wildman–Crippen LogP) is 3.31. The van der Waals surface area contributed by atoms with E-state index in [0.29, 0.717) is 0 Å². The molecule has 3 aromatic rings. The van der Waals surface area contributed by atoms with E-state index in [1.807, 2.05) is 24.3 Å². The van der Waals surface area contributed by atoms with E-state index >= 15 is 0 Å². The van der Waals surface area contributed by atoms with E-state index in [0.717, 1.165) is 16.6 Å². The van der Waals surface area contributed by atoms with Crippen molar-refractivity contribution in [3.63, 3.8) is 0 Å². The average molecular weight is 215 g/mol. The molecule has 17 heavy (non-hydrogen) atoms. The number of rotatable bonds is 0. The number of H-pyrrole nitrogens is 1. The summed E-state index contributed by atoms with van der Waals surface area (Å²) in [6, 6.07) is 14.3. The second-order valence-electron chi connectivity index (χ2n) is 3.79. The minimum absolute atomic E-state index is 0.941. The van der Waals surface area contributed by atoms with Crippen molar-refractivity contribution in [2.75, 3.05) is 0 Å². The number of aromatic nitrogens is 1. The summed E-state index contributed by atoms with van der Waals surface area (Å²) < 4.78 is 0. The van der Waals surface area contributed by atoms with Crippen LogP contribution in [0.25, 0.3) is 21.8 Å². The predicted molar refractivity (Wildman–Crippen MR) is 71.5 cm³/mol. The molecule has 0 aliphatic rings. The van der Waals surface area contributed by atoms with Crippen molar-refractivity contribution < 1.29 is 0 Å². The van der Waals surface area contributed by atoms with Crippen molar-refractivity contribution in [3.8, 4) is 24.2 Å². The molecule has 0 aliphatic carbocycles. The van der Waals surface area contributed by atoms with Crippen LogP contribution >= 0.6 is 0 Å². The normalized spacial score (nSPS) is 9.82. The molecule has 1 N–H and O–H groups in total. The summed E-state index contributed by atoms with van der Waals surface area (Å²) in [5.74, 6) is 7.98. The number of hydrogen-bond acceptors (Lipinski definition) is 0. The van der Waals surface area contributed by atoms with Crippen LogP contribution in [0.15, 0.2) is 42.5 Å². The van der Waals surface area contributed by atoms with E-state index in [1.54, 1.807) is 0 Å². The molecular weight excluding hydrogens is 206 g/mol. The van der Waals surface area contributed by atoms with Crippen molar-refractivity contribution in [3.05, 3.63) is 48.0 Å². The maximum atomic E-state index is 5.16. The van der Waals surface area contributed by atoms with Crippen LogP contribution in [-0.4, -0.2) is 4.98 Å². The van der Waals surface area contributed by atoms with E-state index in [9.17, 15) is 0 Å². The Labute approximate surface area is 99.5 Å². The Kier molecular flexibility index (Phi) is 2.11. The molecule has 78 valence electrons. The Balaban J connectivity index is 2.44. The monoisotopic (exact) mass is 215 g/mol. The zero-order valence-corrected chi connectivity index (χ0v) is 9.12. The van der Waals surface area contributed by atoms with Gasteiger partial charge in [0.1, 0.15) is 0 Å². The van der Waals surface area contributed by atoms with Crippen LogP contribution in [0.3, 0.4) is 0 Å². The molecule has 3 rings (SSSR count). The number of fused-ring (bicyclic) bond motifs is 3. The van der Waals surface area contributed by atoms with Crippen molar-refractivity contribution in [1.82, 2.24) is 4.98 Å². The SMILES string of the molecule is C#CC#Cc1cccc2c1[nH]c1ccccc12. The molecule has 0 radical (unpaired) electrons. The first-order chi connectivity index (χ1) is 8.40. The van der Waals surface area contributed by atoms with Gasteiger partial charge in [-0.2, -0.15) is 0 Å². The van der Waals surface area contributed by atoms with Gasteiger partial charge in [-0.15, -0.1) is 6.42 Å². The maximum absolute atomic E-state index is 5.16. The van der Waals surface area contributed by atoms with Crippen molar-refractivity contribution in [1.29, 1.82) is 0 Å². The summed E-state index contributed by atoms with van der Waals surface area (Å²) >= 11 is 0. The Morgan fingerprint density at radius 3 is 2.65 bits per heavy atom. The summed E-state index contributed by atoms with van der Waals surface area (Å²) in [4.78, 5) is 3.38. The van der Waals surface area contributed by atoms with Crippen LogP contribution in [0.4, 0.5) is 0 Å². The Bertz CT molecular complexity index is 804. The van der Waals surface area contributed by atoms with Gasteiger partial charge in [0, 0.05) is 21.9 Å². The van der Waals surface area contributed by atoms with Gasteiger partial charge in [0.05, 0.1) is 5.52 Å². The molecule has 0 unspecified atom stereocenters. The molecule has 0 bridgehead atoms. The lowest BCUT2D eigenvalue weighted by Crippen LogP contribution is -1.76. The quantitative estimate of drug-likeness (QED) is 0.554. The first-order valence-corrected chi connectivity index (χ1v) is 5.36. The van der Waals surface area contributed by atoms with E-state index in [-0.39, 0.29) is 0 Å². The highest BCUT2D eigenvalue weighted by Gasteiger charge is 2.05. The van der Waals surface area contributed by atoms with Crippen LogP contribution < -0.4 is 0 Å². The summed E-state index contributed by atoms with van der Waals surface area (Å²) in [6.07, 6.45) is 5.16. The first-order valence-electron chi connectivity index (χ1n) is 5.36. The highest BCUT2D eigenvalue weighted by molar-refractivity contribution is 6.08. The third-order valence-electron chi connectivity index (χ3n) is 2.81. The third kappa shape index (κ3) is 1.46. The fraction of sp³-hybridized carbons (Fsp3) is 0. The van der Waals surface area contributed by atoms with Gasteiger partial charge in [-0.1, -0.05) is 36.3 Å². The molecule has 1 nitrogen and oxygen atoms in total. The number of hydrogen-bond donors (Lipinski definition) is 1. The number of benzene rings is 2. The molecule has 0 fully saturated rings. The van der Waals surface area contributed by atoms with Crippen molar-refractivity contribution >= 4 is 21.8 Å². The second kappa shape index (κ2) is 3.74. The van der Waals surface area contributed by atoms with Gasteiger partial charge < -0.3 is 4.98 Å². The lowest BCUT2D eigenvalue weighted by atomic mass is 10.1. The molecule has 0 spiro atoms. The highest BCUT2D eigenvalue weighted by Crippen LogP contribution is 2.26. The average Bonchev–Trinajstić information content (AvgIpc) is 2.75. The van der Waals surface area contributed by atoms with Crippen LogP contribution in [0.1, 0.15) is 5.56 Å². The molecular formula is C16H9N. The fourth-order valence-electron chi connectivity index (χ4n) is 2.08. The largest absolute Gasteiger partial charge is 0.353 e. The molecule has 0 amide bonds. The molecule has 1 heteroatoms. The smallest absolute Gasteiger partial charge is 0.0624 e. The topological polar surface area (TPSA) is 15.8 Å². The number of terminal acetylenes is 1. The van der Waals surface area contributed by atoms with Crippen LogP contribution in [0, 0.1) is 24.2 Å². The molecule has 0 aliphatic heterocycles. The van der Waals surface area contributed by atoms with Gasteiger partial charge in [0.25, 0.3) is 0 Å². The number of nitrogens with one attached hydrogen (secondary N) is 1. The zero-order valence-electron chi connectivity index (χ0n) is 9.12. The van der Waals surface area contributed by atoms with Crippen LogP contribution in [0.2, 0.25) is 0 Å². The molecule has 0 saturated heterocycles. The van der Waals surface area contributed by atoms with Gasteiger partial charge in [0.2, 0.25) is 0 Å². The van der Waals surface area contributed by atoms with E-state index < -0.39 is 0 Å². The van der Waals surface area contributed by atoms with Gasteiger partial charge in [-0.3, -0.25) is 0 Å². The molecule has 0 saturated carbocycles. The van der Waals surface area contributed by atoms with E-state index in [2.05, 4.69) is 40.9 Å². The molecule has 2 aromatic carbocycles. The molecule has 0 atom stereocenters. The highest BCUT2D eigenvalue weighted by atomic mass is 14.7. The minimum Gasteiger partial charge on any atom is -0.353 e. The summed E-state index contributed by atoms with van der Waals surface area (Å²) in [5.41, 5.74) is 3.12. The second-order valence-corrected chi connectivity index (χ2v) is 3.79. The van der Waals surface area contributed by atoms with Gasteiger partial charge in [-0.25, -0.2) is 0 Å². The Morgan fingerprint density at radius 2 is 1.76 bits per heavy atom. The van der Waals surface area contributed by atoms with Crippen LogP contribution in [-0.2, 0) is 0 Å². The lowest BCUT2D eigenvalue weighted by molar-refractivity contribution is 1.53. The standard InChI is InChI=1S/C16H9N/c1-2-3-7-12-8-6-10-14-13-9-4-5-11-15(13)17-16(12)14/h1,4-6,8-11,17H. The van der Waals surface area contributed by atoms with Gasteiger partial charge >= 0.3 is 0 Å². The van der Waals surface area contributed by atoms with Gasteiger partial charge in [0.15, 0.2) is 0 Å². The Hall–Kier alpha value is -2.64. The van der Waals surface area contributed by atoms with Crippen molar-refractivity contribution in [2.24, 2.45) is 0 Å². The maximum Gasteiger partial charge on any atom is 0.0624 e. The summed E-state index contributed by atoms with van der Waals surface area (Å²) in [5, 5.41) is 2.40.